The molecule has 5 aromatic rings. The molecule has 1 saturated heterocycles. The quantitative estimate of drug-likeness (QED) is 0.181. The summed E-state index contributed by atoms with van der Waals surface area (Å²) in [5, 5.41) is 6.08. The van der Waals surface area contributed by atoms with Crippen LogP contribution in [0.25, 0.3) is 27.7 Å². The Morgan fingerprint density at radius 1 is 0.982 bits per heavy atom. The van der Waals surface area contributed by atoms with Gasteiger partial charge < -0.3 is 14.4 Å². The number of hydrogen-bond donors (Lipinski definition) is 1. The van der Waals surface area contributed by atoms with Crippen LogP contribution in [-0.4, -0.2) is 79.8 Å². The summed E-state index contributed by atoms with van der Waals surface area (Å²) in [4.78, 5) is 49.7. The van der Waals surface area contributed by atoms with Crippen molar-refractivity contribution in [1.82, 2.24) is 34.6 Å². The molecule has 6 heterocycles. The lowest BCUT2D eigenvalue weighted by atomic mass is 9.89. The van der Waals surface area contributed by atoms with Crippen molar-refractivity contribution in [3.05, 3.63) is 95.1 Å². The molecule has 2 aromatic carbocycles. The molecule has 9 rings (SSSR count). The number of carbonyl (C=O) groups is 2. The Labute approximate surface area is 321 Å². The number of rotatable bonds is 8. The highest BCUT2D eigenvalue weighted by Gasteiger charge is 2.40. The van der Waals surface area contributed by atoms with Gasteiger partial charge in [-0.25, -0.2) is 19.9 Å². The molecule has 284 valence electrons. The molecule has 0 radical (unpaired) electrons. The largest absolute Gasteiger partial charge is 0.332 e. The van der Waals surface area contributed by atoms with Crippen LogP contribution in [-0.2, 0) is 23.3 Å². The average Bonchev–Trinajstić information content (AvgIpc) is 4.02. The number of amidine groups is 1. The Balaban J connectivity index is 1.10. The summed E-state index contributed by atoms with van der Waals surface area (Å²) in [7, 11) is 0. The Morgan fingerprint density at radius 2 is 1.80 bits per heavy atom. The number of fused-ring (bicyclic) bond motifs is 2. The van der Waals surface area contributed by atoms with Gasteiger partial charge >= 0.3 is 6.03 Å². The van der Waals surface area contributed by atoms with E-state index in [0.29, 0.717) is 50.0 Å². The van der Waals surface area contributed by atoms with Crippen molar-refractivity contribution in [3.8, 4) is 16.8 Å². The van der Waals surface area contributed by atoms with E-state index in [1.165, 1.54) is 32.1 Å². The maximum Gasteiger partial charge on any atom is 0.325 e. The van der Waals surface area contributed by atoms with Crippen molar-refractivity contribution in [1.29, 1.82) is 0 Å². The van der Waals surface area contributed by atoms with Crippen molar-refractivity contribution in [2.45, 2.75) is 78.3 Å². The molecule has 3 aromatic heterocycles. The van der Waals surface area contributed by atoms with E-state index in [0.717, 1.165) is 62.6 Å². The number of nitrogens with zero attached hydrogens (tertiary/aromatic N) is 8. The number of aliphatic imine (C=N–C) groups is 1. The van der Waals surface area contributed by atoms with Gasteiger partial charge in [-0.3, -0.25) is 19.5 Å². The molecule has 1 aliphatic carbocycles. The van der Waals surface area contributed by atoms with E-state index < -0.39 is 5.54 Å². The monoisotopic (exact) mass is 739 g/mol. The zero-order valence-corrected chi connectivity index (χ0v) is 32.2. The molecule has 55 heavy (non-hydrogen) atoms. The summed E-state index contributed by atoms with van der Waals surface area (Å²) >= 11 is 0. The number of amides is 3. The highest BCUT2D eigenvalue weighted by atomic mass is 16.7. The third kappa shape index (κ3) is 6.16. The Hall–Kier alpha value is -5.49. The van der Waals surface area contributed by atoms with Gasteiger partial charge in [0.25, 0.3) is 5.91 Å². The second kappa shape index (κ2) is 14.0. The first-order chi connectivity index (χ1) is 26.7. The van der Waals surface area contributed by atoms with Crippen molar-refractivity contribution < 1.29 is 14.4 Å². The number of hydroxylamine groups is 1. The molecule has 1 N–H and O–H groups in total. The first-order valence-corrected chi connectivity index (χ1v) is 19.7. The molecule has 3 amide bonds. The number of benzene rings is 2. The smallest absolute Gasteiger partial charge is 0.325 e. The first kappa shape index (κ1) is 35.2. The summed E-state index contributed by atoms with van der Waals surface area (Å²) in [5.41, 5.74) is 10.8. The van der Waals surface area contributed by atoms with E-state index in [1.807, 2.05) is 75.0 Å². The van der Waals surface area contributed by atoms with Gasteiger partial charge in [-0.05, 0) is 99.5 Å². The number of carbonyl (C=O) groups excluding carboxylic acids is 2. The molecule has 0 atom stereocenters. The van der Waals surface area contributed by atoms with E-state index in [4.69, 9.17) is 9.94 Å². The zero-order valence-electron chi connectivity index (χ0n) is 32.2. The molecular weight excluding hydrogens is 691 g/mol. The van der Waals surface area contributed by atoms with Crippen LogP contribution in [0.4, 0.5) is 10.6 Å². The number of nitrogens with one attached hydrogen (secondary N) is 1. The average molecular weight is 740 g/mol. The number of para-hydroxylation sites is 1. The van der Waals surface area contributed by atoms with Gasteiger partial charge in [-0.15, -0.1) is 0 Å². The number of pyridine rings is 1. The summed E-state index contributed by atoms with van der Waals surface area (Å²) in [6.07, 6.45) is 8.58. The topological polar surface area (TPSA) is 113 Å². The molecule has 0 bridgehead atoms. The molecule has 0 unspecified atom stereocenters. The van der Waals surface area contributed by atoms with Crippen molar-refractivity contribution in [3.63, 3.8) is 0 Å². The fraction of sp³-hybridized carbons (Fsp3) is 0.419. The lowest BCUT2D eigenvalue weighted by Crippen LogP contribution is -2.45. The zero-order chi connectivity index (χ0) is 37.8. The van der Waals surface area contributed by atoms with Gasteiger partial charge in [-0.2, -0.15) is 5.10 Å². The summed E-state index contributed by atoms with van der Waals surface area (Å²) < 4.78 is 4.02. The van der Waals surface area contributed by atoms with Gasteiger partial charge in [0.15, 0.2) is 6.73 Å². The minimum atomic E-state index is -0.734. The maximum atomic E-state index is 15.1. The third-order valence-corrected chi connectivity index (χ3v) is 12.2. The molecule has 2 fully saturated rings. The van der Waals surface area contributed by atoms with E-state index in [1.54, 1.807) is 0 Å². The number of anilines is 1. The number of hydrogen-bond acceptors (Lipinski definition) is 7. The van der Waals surface area contributed by atoms with Crippen LogP contribution < -0.4 is 10.4 Å². The maximum absolute atomic E-state index is 15.1. The SMILES string of the molecule is Cc1nccc(-c2ccc3c(c2)cc(C(=O)N2CCc4nn(-c5ccccc5)c(N5CCN(CC6CCCCC6)C5=O)c4C2)n3C(C)(C)C2=NCON2)c1C. The molecule has 3 aliphatic heterocycles. The number of aryl methyl sites for hydroxylation is 1. The van der Waals surface area contributed by atoms with Gasteiger partial charge in [0.1, 0.15) is 17.3 Å². The van der Waals surface area contributed by atoms with Crippen molar-refractivity contribution >= 4 is 34.5 Å². The third-order valence-electron chi connectivity index (χ3n) is 12.2. The minimum Gasteiger partial charge on any atom is -0.332 e. The fourth-order valence-electron chi connectivity index (χ4n) is 9.10. The van der Waals surface area contributed by atoms with Crippen LogP contribution in [0, 0.1) is 19.8 Å². The van der Waals surface area contributed by atoms with Crippen LogP contribution in [0.3, 0.4) is 0 Å². The second-order valence-corrected chi connectivity index (χ2v) is 16.0. The summed E-state index contributed by atoms with van der Waals surface area (Å²) in [6.45, 7) is 11.4. The highest BCUT2D eigenvalue weighted by molar-refractivity contribution is 6.02. The van der Waals surface area contributed by atoms with Gasteiger partial charge in [-0.1, -0.05) is 43.5 Å². The van der Waals surface area contributed by atoms with Gasteiger partial charge in [0, 0.05) is 61.0 Å². The molecule has 1 saturated carbocycles. The van der Waals surface area contributed by atoms with Crippen LogP contribution in [0.5, 0.6) is 0 Å². The first-order valence-electron chi connectivity index (χ1n) is 19.7. The Kier molecular flexibility index (Phi) is 8.95. The van der Waals surface area contributed by atoms with Crippen LogP contribution >= 0.6 is 0 Å². The van der Waals surface area contributed by atoms with Gasteiger partial charge in [0.2, 0.25) is 0 Å². The summed E-state index contributed by atoms with van der Waals surface area (Å²) in [5.74, 6) is 1.89. The van der Waals surface area contributed by atoms with Gasteiger partial charge in [0.05, 0.1) is 23.5 Å². The van der Waals surface area contributed by atoms with E-state index in [-0.39, 0.29) is 18.7 Å². The summed E-state index contributed by atoms with van der Waals surface area (Å²) in [6, 6.07) is 20.5. The molecule has 12 nitrogen and oxygen atoms in total. The lowest BCUT2D eigenvalue weighted by Gasteiger charge is -2.32. The minimum absolute atomic E-state index is 0.0262. The second-order valence-electron chi connectivity index (χ2n) is 16.0. The predicted octanol–water partition coefficient (Wildman–Crippen LogP) is 7.15. The molecule has 0 spiro atoms. The fourth-order valence-corrected chi connectivity index (χ4v) is 9.10. The predicted molar refractivity (Wildman–Crippen MR) is 213 cm³/mol. The normalized spacial score (nSPS) is 17.9. The van der Waals surface area contributed by atoms with Crippen molar-refractivity contribution in [2.24, 2.45) is 10.9 Å². The molecular formula is C43H49N9O3. The highest BCUT2D eigenvalue weighted by Crippen LogP contribution is 2.38. The Bertz CT molecular complexity index is 2320. The van der Waals surface area contributed by atoms with Crippen LogP contribution in [0.1, 0.15) is 79.0 Å². The lowest BCUT2D eigenvalue weighted by molar-refractivity contribution is 0.0719. The van der Waals surface area contributed by atoms with Crippen molar-refractivity contribution in [2.75, 3.05) is 37.8 Å². The number of urea groups is 1. The number of aromatic nitrogens is 4. The van der Waals surface area contributed by atoms with Crippen LogP contribution in [0.2, 0.25) is 0 Å². The standard InChI is InChI=1S/C43H49N9O3/c1-28-29(2)44-19-17-34(28)31-15-16-37-32(23-31)24-38(51(37)43(3,4)41-45-27-55-47-41)40(53)48-20-18-36-35(26-48)39(52(46-36)33-13-9-6-10-14-33)50-22-21-49(42(50)54)25-30-11-7-5-8-12-30/h6,9-10,13-17,19,23-24,30H,5,7-8,11-12,18,20-22,25-27H2,1-4H3,(H,45,47). The Morgan fingerprint density at radius 3 is 2.58 bits per heavy atom. The van der Waals surface area contributed by atoms with E-state index >= 15 is 4.79 Å². The van der Waals surface area contributed by atoms with E-state index in [2.05, 4.69) is 59.0 Å². The van der Waals surface area contributed by atoms with E-state index in [9.17, 15) is 4.79 Å². The molecule has 4 aliphatic rings. The van der Waals surface area contributed by atoms with Crippen LogP contribution in [0.15, 0.2) is 71.9 Å². The molecule has 12 heteroatoms.